The van der Waals surface area contributed by atoms with Gasteiger partial charge in [-0.1, -0.05) is 13.0 Å². The van der Waals surface area contributed by atoms with Crippen molar-refractivity contribution in [1.82, 2.24) is 20.3 Å². The fraction of sp³-hybridized carbons (Fsp3) is 0.444. The minimum atomic E-state index is -0.148. The van der Waals surface area contributed by atoms with Gasteiger partial charge in [0.05, 0.1) is 0 Å². The first kappa shape index (κ1) is 17.1. The summed E-state index contributed by atoms with van der Waals surface area (Å²) in [5, 5.41) is 2.94. The molecular weight excluding hydrogens is 316 g/mol. The molecule has 1 fully saturated rings. The van der Waals surface area contributed by atoms with Gasteiger partial charge >= 0.3 is 0 Å². The first-order valence-electron chi connectivity index (χ1n) is 8.72. The highest BCUT2D eigenvalue weighted by molar-refractivity contribution is 5.92. The van der Waals surface area contributed by atoms with Crippen molar-refractivity contribution in [3.8, 4) is 0 Å². The summed E-state index contributed by atoms with van der Waals surface area (Å²) in [7, 11) is 0. The number of rotatable bonds is 5. The Bertz CT molecular complexity index is 700. The second-order valence-electron chi connectivity index (χ2n) is 6.19. The van der Waals surface area contributed by atoms with Crippen LogP contribution in [-0.2, 0) is 0 Å². The third-order valence-corrected chi connectivity index (χ3v) is 4.40. The van der Waals surface area contributed by atoms with Crippen molar-refractivity contribution in [1.29, 1.82) is 0 Å². The van der Waals surface area contributed by atoms with Crippen LogP contribution in [0.3, 0.4) is 0 Å². The van der Waals surface area contributed by atoms with Crippen LogP contribution in [-0.4, -0.2) is 53.1 Å². The van der Waals surface area contributed by atoms with Gasteiger partial charge in [-0.25, -0.2) is 15.0 Å². The molecule has 0 saturated carbocycles. The van der Waals surface area contributed by atoms with Crippen molar-refractivity contribution < 1.29 is 4.79 Å². The lowest BCUT2D eigenvalue weighted by Crippen LogP contribution is -2.47. The lowest BCUT2D eigenvalue weighted by Gasteiger charge is -2.35. The molecule has 0 aliphatic carbocycles. The van der Waals surface area contributed by atoms with E-state index in [1.807, 2.05) is 38.2 Å². The predicted octanol–water partition coefficient (Wildman–Crippen LogP) is 1.73. The van der Waals surface area contributed by atoms with Gasteiger partial charge in [0.2, 0.25) is 5.95 Å². The zero-order valence-electron chi connectivity index (χ0n) is 14.7. The van der Waals surface area contributed by atoms with E-state index in [0.717, 1.165) is 38.4 Å². The van der Waals surface area contributed by atoms with Crippen molar-refractivity contribution in [3.63, 3.8) is 0 Å². The van der Waals surface area contributed by atoms with Crippen LogP contribution in [0.2, 0.25) is 0 Å². The molecule has 0 spiro atoms. The molecule has 0 aromatic carbocycles. The molecule has 132 valence electrons. The molecule has 7 nitrogen and oxygen atoms in total. The SMILES string of the molecule is CCC(C)NC(=O)c1ccnc(N2CCN(c3ccccn3)CC2)n1. The fourth-order valence-electron chi connectivity index (χ4n) is 2.70. The van der Waals surface area contributed by atoms with E-state index in [1.165, 1.54) is 0 Å². The molecule has 1 unspecified atom stereocenters. The van der Waals surface area contributed by atoms with Crippen LogP contribution >= 0.6 is 0 Å². The van der Waals surface area contributed by atoms with E-state index in [4.69, 9.17) is 0 Å². The molecule has 3 rings (SSSR count). The summed E-state index contributed by atoms with van der Waals surface area (Å²) in [5.74, 6) is 1.45. The maximum absolute atomic E-state index is 12.2. The van der Waals surface area contributed by atoms with Gasteiger partial charge in [0, 0.05) is 44.6 Å². The molecule has 2 aromatic heterocycles. The number of nitrogens with one attached hydrogen (secondary N) is 1. The Balaban J connectivity index is 1.64. The zero-order chi connectivity index (χ0) is 17.6. The number of carbonyl (C=O) groups is 1. The molecule has 25 heavy (non-hydrogen) atoms. The second kappa shape index (κ2) is 7.92. The van der Waals surface area contributed by atoms with E-state index >= 15 is 0 Å². The van der Waals surface area contributed by atoms with Crippen molar-refractivity contribution >= 4 is 17.7 Å². The Kier molecular flexibility index (Phi) is 5.42. The molecule has 3 heterocycles. The zero-order valence-corrected chi connectivity index (χ0v) is 14.7. The van der Waals surface area contributed by atoms with Gasteiger partial charge in [-0.05, 0) is 31.5 Å². The molecule has 0 radical (unpaired) electrons. The molecule has 0 bridgehead atoms. The lowest BCUT2D eigenvalue weighted by molar-refractivity contribution is 0.0934. The summed E-state index contributed by atoms with van der Waals surface area (Å²) in [6, 6.07) is 7.73. The minimum absolute atomic E-state index is 0.132. The Morgan fingerprint density at radius 2 is 1.88 bits per heavy atom. The van der Waals surface area contributed by atoms with Gasteiger partial charge in [0.15, 0.2) is 0 Å². The topological polar surface area (TPSA) is 74.2 Å². The molecule has 1 aliphatic rings. The molecule has 7 heteroatoms. The highest BCUT2D eigenvalue weighted by Gasteiger charge is 2.21. The van der Waals surface area contributed by atoms with E-state index in [9.17, 15) is 4.79 Å². The smallest absolute Gasteiger partial charge is 0.270 e. The Morgan fingerprint density at radius 3 is 2.56 bits per heavy atom. The molecule has 1 N–H and O–H groups in total. The highest BCUT2D eigenvalue weighted by Crippen LogP contribution is 2.16. The number of pyridine rings is 1. The second-order valence-corrected chi connectivity index (χ2v) is 6.19. The summed E-state index contributed by atoms with van der Waals surface area (Å²) in [4.78, 5) is 29.8. The maximum Gasteiger partial charge on any atom is 0.270 e. The van der Waals surface area contributed by atoms with E-state index in [2.05, 4.69) is 30.1 Å². The van der Waals surface area contributed by atoms with Crippen molar-refractivity contribution in [2.45, 2.75) is 26.3 Å². The average Bonchev–Trinajstić information content (AvgIpc) is 2.68. The summed E-state index contributed by atoms with van der Waals surface area (Å²) in [5.41, 5.74) is 0.414. The molecule has 1 amide bonds. The number of amides is 1. The number of anilines is 2. The van der Waals surface area contributed by atoms with Crippen LogP contribution in [0.1, 0.15) is 30.8 Å². The monoisotopic (exact) mass is 340 g/mol. The van der Waals surface area contributed by atoms with Gasteiger partial charge in [-0.3, -0.25) is 4.79 Å². The number of aromatic nitrogens is 3. The van der Waals surface area contributed by atoms with E-state index in [0.29, 0.717) is 11.6 Å². The summed E-state index contributed by atoms with van der Waals surface area (Å²) < 4.78 is 0. The summed E-state index contributed by atoms with van der Waals surface area (Å²) in [6.45, 7) is 7.32. The van der Waals surface area contributed by atoms with Gasteiger partial charge in [0.25, 0.3) is 5.91 Å². The number of nitrogens with zero attached hydrogens (tertiary/aromatic N) is 5. The van der Waals surface area contributed by atoms with Crippen molar-refractivity contribution in [2.24, 2.45) is 0 Å². The maximum atomic E-state index is 12.2. The van der Waals surface area contributed by atoms with Gasteiger partial charge in [0.1, 0.15) is 11.5 Å². The number of piperazine rings is 1. The molecular formula is C18H24N6O. The quantitative estimate of drug-likeness (QED) is 0.893. The van der Waals surface area contributed by atoms with Crippen LogP contribution < -0.4 is 15.1 Å². The number of hydrogen-bond acceptors (Lipinski definition) is 6. The molecule has 1 saturated heterocycles. The summed E-state index contributed by atoms with van der Waals surface area (Å²) in [6.07, 6.45) is 4.35. The number of hydrogen-bond donors (Lipinski definition) is 1. The third-order valence-electron chi connectivity index (χ3n) is 4.40. The Morgan fingerprint density at radius 1 is 1.12 bits per heavy atom. The largest absolute Gasteiger partial charge is 0.353 e. The first-order chi connectivity index (χ1) is 12.2. The highest BCUT2D eigenvalue weighted by atomic mass is 16.1. The normalized spacial score (nSPS) is 15.8. The van der Waals surface area contributed by atoms with E-state index in [-0.39, 0.29) is 11.9 Å². The molecule has 1 atom stereocenters. The molecule has 2 aromatic rings. The van der Waals surface area contributed by atoms with Crippen LogP contribution in [0, 0.1) is 0 Å². The van der Waals surface area contributed by atoms with Crippen LogP contribution in [0.4, 0.5) is 11.8 Å². The van der Waals surface area contributed by atoms with Crippen LogP contribution in [0.5, 0.6) is 0 Å². The average molecular weight is 340 g/mol. The van der Waals surface area contributed by atoms with Crippen molar-refractivity contribution in [3.05, 3.63) is 42.4 Å². The molecule has 1 aliphatic heterocycles. The van der Waals surface area contributed by atoms with Crippen LogP contribution in [0.15, 0.2) is 36.7 Å². The van der Waals surface area contributed by atoms with Gasteiger partial charge < -0.3 is 15.1 Å². The third kappa shape index (κ3) is 4.23. The van der Waals surface area contributed by atoms with Gasteiger partial charge in [-0.15, -0.1) is 0 Å². The van der Waals surface area contributed by atoms with E-state index in [1.54, 1.807) is 12.3 Å². The Hall–Kier alpha value is -2.70. The van der Waals surface area contributed by atoms with E-state index < -0.39 is 0 Å². The first-order valence-corrected chi connectivity index (χ1v) is 8.72. The fourth-order valence-corrected chi connectivity index (χ4v) is 2.70. The minimum Gasteiger partial charge on any atom is -0.353 e. The summed E-state index contributed by atoms with van der Waals surface area (Å²) >= 11 is 0. The lowest BCUT2D eigenvalue weighted by atomic mass is 10.2. The standard InChI is InChI=1S/C18H24N6O/c1-3-14(2)21-17(25)15-7-9-20-18(22-15)24-12-10-23(11-13-24)16-6-4-5-8-19-16/h4-9,14H,3,10-13H2,1-2H3,(H,21,25). The number of carbonyl (C=O) groups excluding carboxylic acids is 1. The van der Waals surface area contributed by atoms with Gasteiger partial charge in [-0.2, -0.15) is 0 Å². The van der Waals surface area contributed by atoms with Crippen LogP contribution in [0.25, 0.3) is 0 Å². The van der Waals surface area contributed by atoms with Crippen molar-refractivity contribution in [2.75, 3.05) is 36.0 Å². The Labute approximate surface area is 148 Å². The predicted molar refractivity (Wildman–Crippen MR) is 97.9 cm³/mol.